The van der Waals surface area contributed by atoms with Gasteiger partial charge in [-0.3, -0.25) is 0 Å². The summed E-state index contributed by atoms with van der Waals surface area (Å²) in [5, 5.41) is 10.2. The van der Waals surface area contributed by atoms with Crippen LogP contribution in [0.3, 0.4) is 0 Å². The molecule has 2 rings (SSSR count). The smallest absolute Gasteiger partial charge is 0.0694 e. The molecule has 0 bridgehead atoms. The van der Waals surface area contributed by atoms with Gasteiger partial charge in [-0.05, 0) is 32.6 Å². The summed E-state index contributed by atoms with van der Waals surface area (Å²) in [6.07, 6.45) is 5.24. The second-order valence-corrected chi connectivity index (χ2v) is 5.19. The van der Waals surface area contributed by atoms with Crippen LogP contribution in [0.1, 0.15) is 39.5 Å². The molecular formula is C11H20O2. The highest BCUT2D eigenvalue weighted by atomic mass is 16.5. The van der Waals surface area contributed by atoms with Gasteiger partial charge in [-0.25, -0.2) is 0 Å². The van der Waals surface area contributed by atoms with Gasteiger partial charge in [-0.1, -0.05) is 12.8 Å². The van der Waals surface area contributed by atoms with Crippen LogP contribution in [-0.4, -0.2) is 23.9 Å². The largest absolute Gasteiger partial charge is 0.390 e. The lowest BCUT2D eigenvalue weighted by molar-refractivity contribution is -0.234. The zero-order chi connectivity index (χ0) is 9.53. The van der Waals surface area contributed by atoms with E-state index in [0.29, 0.717) is 5.92 Å². The molecule has 1 heterocycles. The minimum absolute atomic E-state index is 0.0729. The summed E-state index contributed by atoms with van der Waals surface area (Å²) < 4.78 is 5.32. The zero-order valence-corrected chi connectivity index (χ0v) is 8.68. The molecule has 0 aromatic carbocycles. The molecule has 13 heavy (non-hydrogen) atoms. The second kappa shape index (κ2) is 2.96. The van der Waals surface area contributed by atoms with Crippen LogP contribution < -0.4 is 0 Å². The number of aliphatic hydroxyl groups is 1. The standard InChI is InChI=1S/C11H20O2/c1-10(2,12)11(7-13-8-11)9-5-3-4-6-9/h9,12H,3-8H2,1-2H3. The number of hydrogen-bond donors (Lipinski definition) is 1. The molecule has 0 radical (unpaired) electrons. The van der Waals surface area contributed by atoms with Crippen LogP contribution in [-0.2, 0) is 4.74 Å². The van der Waals surface area contributed by atoms with Crippen LogP contribution in [0.5, 0.6) is 0 Å². The Labute approximate surface area is 80.3 Å². The topological polar surface area (TPSA) is 29.5 Å². The Hall–Kier alpha value is -0.0800. The quantitative estimate of drug-likeness (QED) is 0.711. The Morgan fingerprint density at radius 2 is 1.77 bits per heavy atom. The van der Waals surface area contributed by atoms with Crippen molar-refractivity contribution in [2.75, 3.05) is 13.2 Å². The van der Waals surface area contributed by atoms with Crippen LogP contribution in [0.2, 0.25) is 0 Å². The lowest BCUT2D eigenvalue weighted by Gasteiger charge is -2.53. The molecule has 2 fully saturated rings. The SMILES string of the molecule is CC(C)(O)C1(C2CCCC2)COC1. The third-order valence-electron chi connectivity index (χ3n) is 4.07. The van der Waals surface area contributed by atoms with Gasteiger partial charge in [0.15, 0.2) is 0 Å². The first kappa shape index (κ1) is 9.47. The zero-order valence-electron chi connectivity index (χ0n) is 8.68. The first-order chi connectivity index (χ1) is 6.06. The monoisotopic (exact) mass is 184 g/mol. The maximum absolute atomic E-state index is 10.2. The molecule has 0 atom stereocenters. The molecule has 2 nitrogen and oxygen atoms in total. The van der Waals surface area contributed by atoms with Crippen molar-refractivity contribution in [1.29, 1.82) is 0 Å². The van der Waals surface area contributed by atoms with Gasteiger partial charge in [-0.15, -0.1) is 0 Å². The molecule has 1 N–H and O–H groups in total. The van der Waals surface area contributed by atoms with Gasteiger partial charge in [0.1, 0.15) is 0 Å². The normalized spacial score (nSPS) is 28.8. The van der Waals surface area contributed by atoms with Crippen LogP contribution in [0.4, 0.5) is 0 Å². The van der Waals surface area contributed by atoms with E-state index in [2.05, 4.69) is 0 Å². The Kier molecular flexibility index (Phi) is 2.16. The Bertz CT molecular complexity index is 183. The molecule has 0 amide bonds. The number of hydrogen-bond acceptors (Lipinski definition) is 2. The Morgan fingerprint density at radius 3 is 2.08 bits per heavy atom. The van der Waals surface area contributed by atoms with Crippen molar-refractivity contribution in [3.05, 3.63) is 0 Å². The molecule has 2 heteroatoms. The summed E-state index contributed by atoms with van der Waals surface area (Å²) >= 11 is 0. The van der Waals surface area contributed by atoms with Crippen molar-refractivity contribution in [2.45, 2.75) is 45.1 Å². The van der Waals surface area contributed by atoms with Gasteiger partial charge in [0.2, 0.25) is 0 Å². The fraction of sp³-hybridized carbons (Fsp3) is 1.00. The summed E-state index contributed by atoms with van der Waals surface area (Å²) in [5.74, 6) is 0.696. The lowest BCUT2D eigenvalue weighted by atomic mass is 9.63. The van der Waals surface area contributed by atoms with E-state index in [1.807, 2.05) is 13.8 Å². The third kappa shape index (κ3) is 1.31. The van der Waals surface area contributed by atoms with Crippen molar-refractivity contribution in [1.82, 2.24) is 0 Å². The lowest BCUT2D eigenvalue weighted by Crippen LogP contribution is -2.60. The molecule has 1 aliphatic heterocycles. The summed E-state index contributed by atoms with van der Waals surface area (Å²) in [6.45, 7) is 5.41. The molecule has 0 aromatic heterocycles. The fourth-order valence-electron chi connectivity index (χ4n) is 2.89. The van der Waals surface area contributed by atoms with Crippen molar-refractivity contribution >= 4 is 0 Å². The molecular weight excluding hydrogens is 164 g/mol. The average Bonchev–Trinajstić information content (AvgIpc) is 2.32. The highest BCUT2D eigenvalue weighted by molar-refractivity contribution is 5.03. The van der Waals surface area contributed by atoms with E-state index in [1.165, 1.54) is 25.7 Å². The van der Waals surface area contributed by atoms with Crippen molar-refractivity contribution in [3.8, 4) is 0 Å². The summed E-state index contributed by atoms with van der Waals surface area (Å²) in [7, 11) is 0. The maximum Gasteiger partial charge on any atom is 0.0694 e. The highest BCUT2D eigenvalue weighted by Crippen LogP contribution is 2.51. The van der Waals surface area contributed by atoms with E-state index in [4.69, 9.17) is 4.74 Å². The minimum atomic E-state index is -0.569. The molecule has 0 unspecified atom stereocenters. The van der Waals surface area contributed by atoms with Gasteiger partial charge >= 0.3 is 0 Å². The van der Waals surface area contributed by atoms with E-state index < -0.39 is 5.60 Å². The van der Waals surface area contributed by atoms with E-state index in [0.717, 1.165) is 13.2 Å². The van der Waals surface area contributed by atoms with Crippen LogP contribution in [0, 0.1) is 11.3 Å². The molecule has 76 valence electrons. The molecule has 1 saturated carbocycles. The van der Waals surface area contributed by atoms with Gasteiger partial charge < -0.3 is 9.84 Å². The molecule has 0 aromatic rings. The first-order valence-corrected chi connectivity index (χ1v) is 5.36. The molecule has 0 spiro atoms. The summed E-state index contributed by atoms with van der Waals surface area (Å²) in [5.41, 5.74) is -0.496. The summed E-state index contributed by atoms with van der Waals surface area (Å²) in [6, 6.07) is 0. The highest BCUT2D eigenvalue weighted by Gasteiger charge is 2.55. The second-order valence-electron chi connectivity index (χ2n) is 5.19. The van der Waals surface area contributed by atoms with Crippen molar-refractivity contribution in [3.63, 3.8) is 0 Å². The van der Waals surface area contributed by atoms with Gasteiger partial charge in [0.25, 0.3) is 0 Å². The first-order valence-electron chi connectivity index (χ1n) is 5.36. The predicted molar refractivity (Wildman–Crippen MR) is 51.5 cm³/mol. The molecule has 1 aliphatic carbocycles. The van der Waals surface area contributed by atoms with Crippen LogP contribution in [0.15, 0.2) is 0 Å². The van der Waals surface area contributed by atoms with Crippen LogP contribution in [0.25, 0.3) is 0 Å². The van der Waals surface area contributed by atoms with Crippen molar-refractivity contribution < 1.29 is 9.84 Å². The van der Waals surface area contributed by atoms with E-state index in [1.54, 1.807) is 0 Å². The van der Waals surface area contributed by atoms with Crippen LogP contribution >= 0.6 is 0 Å². The molecule has 2 aliphatic rings. The Morgan fingerprint density at radius 1 is 1.23 bits per heavy atom. The summed E-state index contributed by atoms with van der Waals surface area (Å²) in [4.78, 5) is 0. The van der Waals surface area contributed by atoms with E-state index in [9.17, 15) is 5.11 Å². The fourth-order valence-corrected chi connectivity index (χ4v) is 2.89. The van der Waals surface area contributed by atoms with E-state index >= 15 is 0 Å². The van der Waals surface area contributed by atoms with Crippen molar-refractivity contribution in [2.24, 2.45) is 11.3 Å². The average molecular weight is 184 g/mol. The number of rotatable bonds is 2. The minimum Gasteiger partial charge on any atom is -0.390 e. The third-order valence-corrected chi connectivity index (χ3v) is 4.07. The molecule has 1 saturated heterocycles. The van der Waals surface area contributed by atoms with Gasteiger partial charge in [0, 0.05) is 5.41 Å². The van der Waals surface area contributed by atoms with E-state index in [-0.39, 0.29) is 5.41 Å². The number of ether oxygens (including phenoxy) is 1. The maximum atomic E-state index is 10.2. The van der Waals surface area contributed by atoms with Gasteiger partial charge in [-0.2, -0.15) is 0 Å². The Balaban J connectivity index is 2.14. The van der Waals surface area contributed by atoms with Gasteiger partial charge in [0.05, 0.1) is 18.8 Å². The predicted octanol–water partition coefficient (Wildman–Crippen LogP) is 1.96.